The molecule has 0 unspecified atom stereocenters. The SMILES string of the molecule is Nc1n[nH]c(C(=O)N2CCN(S(N)(=O)=O)CC2)n1. The van der Waals surface area contributed by atoms with E-state index in [0.29, 0.717) is 0 Å². The zero-order valence-corrected chi connectivity index (χ0v) is 10.2. The van der Waals surface area contributed by atoms with Crippen LogP contribution in [0.5, 0.6) is 0 Å². The lowest BCUT2D eigenvalue weighted by molar-refractivity contribution is 0.0686. The minimum atomic E-state index is -3.70. The second-order valence-corrected chi connectivity index (χ2v) is 5.32. The van der Waals surface area contributed by atoms with E-state index < -0.39 is 10.2 Å². The first kappa shape index (κ1) is 12.7. The fraction of sp³-hybridized carbons (Fsp3) is 0.571. The molecule has 5 N–H and O–H groups in total. The van der Waals surface area contributed by atoms with Crippen molar-refractivity contribution in [1.29, 1.82) is 0 Å². The maximum Gasteiger partial charge on any atom is 0.291 e. The van der Waals surface area contributed by atoms with Gasteiger partial charge in [-0.25, -0.2) is 5.14 Å². The van der Waals surface area contributed by atoms with Crippen molar-refractivity contribution in [3.8, 4) is 0 Å². The van der Waals surface area contributed by atoms with Crippen LogP contribution >= 0.6 is 0 Å². The van der Waals surface area contributed by atoms with Gasteiger partial charge in [0.05, 0.1) is 0 Å². The minimum Gasteiger partial charge on any atom is -0.366 e. The number of carbonyl (C=O) groups is 1. The largest absolute Gasteiger partial charge is 0.366 e. The van der Waals surface area contributed by atoms with E-state index in [2.05, 4.69) is 15.2 Å². The average molecular weight is 275 g/mol. The van der Waals surface area contributed by atoms with Crippen LogP contribution in [0, 0.1) is 0 Å². The number of anilines is 1. The molecule has 0 aliphatic carbocycles. The number of aromatic nitrogens is 3. The molecule has 100 valence electrons. The van der Waals surface area contributed by atoms with Gasteiger partial charge >= 0.3 is 0 Å². The highest BCUT2D eigenvalue weighted by Crippen LogP contribution is 2.07. The predicted molar refractivity (Wildman–Crippen MR) is 61.4 cm³/mol. The van der Waals surface area contributed by atoms with Crippen molar-refractivity contribution in [3.63, 3.8) is 0 Å². The van der Waals surface area contributed by atoms with Gasteiger partial charge in [0.15, 0.2) is 0 Å². The summed E-state index contributed by atoms with van der Waals surface area (Å²) in [6.45, 7) is 0.814. The zero-order valence-electron chi connectivity index (χ0n) is 9.40. The van der Waals surface area contributed by atoms with Gasteiger partial charge in [0.25, 0.3) is 16.1 Å². The number of nitrogens with two attached hydrogens (primary N) is 2. The Morgan fingerprint density at radius 1 is 1.28 bits per heavy atom. The maximum atomic E-state index is 11.9. The second kappa shape index (κ2) is 4.51. The molecule has 1 saturated heterocycles. The topological polar surface area (TPSA) is 151 Å². The van der Waals surface area contributed by atoms with Crippen LogP contribution in [-0.4, -0.2) is 64.9 Å². The Balaban J connectivity index is 2.00. The molecule has 0 saturated carbocycles. The van der Waals surface area contributed by atoms with Gasteiger partial charge in [-0.1, -0.05) is 0 Å². The Morgan fingerprint density at radius 3 is 2.33 bits per heavy atom. The molecule has 0 spiro atoms. The molecule has 1 aliphatic heterocycles. The highest BCUT2D eigenvalue weighted by atomic mass is 32.2. The van der Waals surface area contributed by atoms with Gasteiger partial charge in [0.2, 0.25) is 11.8 Å². The summed E-state index contributed by atoms with van der Waals surface area (Å²) >= 11 is 0. The third-order valence-electron chi connectivity index (χ3n) is 2.59. The van der Waals surface area contributed by atoms with Gasteiger partial charge < -0.3 is 10.6 Å². The van der Waals surface area contributed by atoms with Crippen LogP contribution < -0.4 is 10.9 Å². The molecule has 18 heavy (non-hydrogen) atoms. The number of hydrogen-bond donors (Lipinski definition) is 3. The van der Waals surface area contributed by atoms with Crippen LogP contribution in [0.15, 0.2) is 0 Å². The number of hydrogen-bond acceptors (Lipinski definition) is 6. The van der Waals surface area contributed by atoms with Crippen molar-refractivity contribution < 1.29 is 13.2 Å². The number of nitrogen functional groups attached to an aromatic ring is 1. The number of H-pyrrole nitrogens is 1. The van der Waals surface area contributed by atoms with E-state index in [-0.39, 0.29) is 43.9 Å². The highest BCUT2D eigenvalue weighted by molar-refractivity contribution is 7.86. The molecular weight excluding hydrogens is 262 g/mol. The van der Waals surface area contributed by atoms with Gasteiger partial charge in [-0.3, -0.25) is 9.89 Å². The monoisotopic (exact) mass is 275 g/mol. The molecule has 10 nitrogen and oxygen atoms in total. The summed E-state index contributed by atoms with van der Waals surface area (Å²) in [5.74, 6) is -0.341. The summed E-state index contributed by atoms with van der Waals surface area (Å²) in [5.41, 5.74) is 5.30. The van der Waals surface area contributed by atoms with Gasteiger partial charge in [-0.15, -0.1) is 5.10 Å². The van der Waals surface area contributed by atoms with Crippen molar-refractivity contribution >= 4 is 22.1 Å². The summed E-state index contributed by atoms with van der Waals surface area (Å²) in [4.78, 5) is 17.1. The van der Waals surface area contributed by atoms with E-state index in [9.17, 15) is 13.2 Å². The van der Waals surface area contributed by atoms with Crippen LogP contribution in [0.4, 0.5) is 5.95 Å². The van der Waals surface area contributed by atoms with E-state index in [4.69, 9.17) is 10.9 Å². The van der Waals surface area contributed by atoms with Crippen LogP contribution in [0.25, 0.3) is 0 Å². The lowest BCUT2D eigenvalue weighted by atomic mass is 10.3. The standard InChI is InChI=1S/C7H13N7O3S/c8-7-10-5(11-12-7)6(15)13-1-3-14(4-2-13)18(9,16)17/h1-4H2,(H2,9,16,17)(H3,8,10,11,12). The molecule has 1 fully saturated rings. The zero-order chi connectivity index (χ0) is 13.3. The minimum absolute atomic E-state index is 0.0125. The number of piperazine rings is 1. The average Bonchev–Trinajstić information content (AvgIpc) is 2.74. The Hall–Kier alpha value is -1.72. The number of aromatic amines is 1. The lowest BCUT2D eigenvalue weighted by Gasteiger charge is -2.32. The molecule has 0 bridgehead atoms. The number of nitrogens with one attached hydrogen (secondary N) is 1. The smallest absolute Gasteiger partial charge is 0.291 e. The third kappa shape index (κ3) is 2.57. The number of nitrogens with zero attached hydrogens (tertiary/aromatic N) is 4. The quantitative estimate of drug-likeness (QED) is 0.536. The fourth-order valence-corrected chi connectivity index (χ4v) is 2.34. The van der Waals surface area contributed by atoms with Crippen molar-refractivity contribution in [3.05, 3.63) is 5.82 Å². The predicted octanol–water partition coefficient (Wildman–Crippen LogP) is -2.65. The fourth-order valence-electron chi connectivity index (χ4n) is 1.67. The number of carbonyl (C=O) groups excluding carboxylic acids is 1. The summed E-state index contributed by atoms with van der Waals surface area (Å²) < 4.78 is 23.3. The summed E-state index contributed by atoms with van der Waals surface area (Å²) in [5, 5.41) is 11.0. The summed E-state index contributed by atoms with van der Waals surface area (Å²) in [6, 6.07) is 0. The van der Waals surface area contributed by atoms with Crippen molar-refractivity contribution in [2.75, 3.05) is 31.9 Å². The van der Waals surface area contributed by atoms with Gasteiger partial charge in [0, 0.05) is 26.2 Å². The molecule has 1 aromatic heterocycles. The Morgan fingerprint density at radius 2 is 1.89 bits per heavy atom. The molecule has 1 aromatic rings. The van der Waals surface area contributed by atoms with Gasteiger partial charge in [0.1, 0.15) is 0 Å². The number of amides is 1. The normalized spacial score (nSPS) is 17.9. The van der Waals surface area contributed by atoms with E-state index in [1.165, 1.54) is 4.90 Å². The van der Waals surface area contributed by atoms with Crippen molar-refractivity contribution in [2.24, 2.45) is 5.14 Å². The van der Waals surface area contributed by atoms with E-state index >= 15 is 0 Å². The second-order valence-electron chi connectivity index (χ2n) is 3.78. The molecule has 2 heterocycles. The summed E-state index contributed by atoms with van der Waals surface area (Å²) in [6.07, 6.45) is 0. The number of rotatable bonds is 2. The van der Waals surface area contributed by atoms with Gasteiger partial charge in [-0.05, 0) is 0 Å². The molecule has 0 radical (unpaired) electrons. The first-order valence-electron chi connectivity index (χ1n) is 5.13. The third-order valence-corrected chi connectivity index (χ3v) is 3.68. The molecular formula is C7H13N7O3S. The first-order chi connectivity index (χ1) is 8.38. The summed E-state index contributed by atoms with van der Waals surface area (Å²) in [7, 11) is -3.70. The molecule has 11 heteroatoms. The van der Waals surface area contributed by atoms with Gasteiger partial charge in [-0.2, -0.15) is 17.7 Å². The lowest BCUT2D eigenvalue weighted by Crippen LogP contribution is -2.52. The molecule has 0 atom stereocenters. The van der Waals surface area contributed by atoms with Crippen LogP contribution in [-0.2, 0) is 10.2 Å². The Labute approximate surface area is 103 Å². The van der Waals surface area contributed by atoms with Crippen LogP contribution in [0.2, 0.25) is 0 Å². The molecule has 0 aromatic carbocycles. The molecule has 2 rings (SSSR count). The maximum absolute atomic E-state index is 11.9. The molecule has 1 amide bonds. The highest BCUT2D eigenvalue weighted by Gasteiger charge is 2.28. The van der Waals surface area contributed by atoms with Crippen LogP contribution in [0.3, 0.4) is 0 Å². The van der Waals surface area contributed by atoms with E-state index in [1.807, 2.05) is 0 Å². The Kier molecular flexibility index (Phi) is 3.19. The first-order valence-corrected chi connectivity index (χ1v) is 6.63. The van der Waals surface area contributed by atoms with E-state index in [0.717, 1.165) is 4.31 Å². The van der Waals surface area contributed by atoms with Crippen LogP contribution in [0.1, 0.15) is 10.6 Å². The Bertz CT molecular complexity index is 545. The van der Waals surface area contributed by atoms with Crippen molar-refractivity contribution in [2.45, 2.75) is 0 Å². The molecule has 1 aliphatic rings. The van der Waals surface area contributed by atoms with E-state index in [1.54, 1.807) is 0 Å². The van der Waals surface area contributed by atoms with Crippen molar-refractivity contribution in [1.82, 2.24) is 24.4 Å².